The van der Waals surface area contributed by atoms with E-state index < -0.39 is 12.6 Å². The van der Waals surface area contributed by atoms with Gasteiger partial charge >= 0.3 is 0 Å². The fourth-order valence-electron chi connectivity index (χ4n) is 9.13. The molecule has 250 valence electrons. The molecule has 0 unspecified atom stereocenters. The predicted octanol–water partition coefficient (Wildman–Crippen LogP) is 10.9. The number of rotatable bonds is 4. The summed E-state index contributed by atoms with van der Waals surface area (Å²) in [4.78, 5) is 0. The number of hydrogen-bond acceptors (Lipinski definition) is 2. The van der Waals surface area contributed by atoms with Gasteiger partial charge in [-0.1, -0.05) is 146 Å². The molecule has 3 nitrogen and oxygen atoms in total. The molecule has 1 spiro atoms. The first kappa shape index (κ1) is 30.2. The van der Waals surface area contributed by atoms with E-state index in [2.05, 4.69) is 138 Å². The molecule has 2 aliphatic rings. The Bertz CT molecular complexity index is 2860. The largest absolute Gasteiger partial charge is 0.457 e. The summed E-state index contributed by atoms with van der Waals surface area (Å²) in [6, 6.07) is 67.5. The Morgan fingerprint density at radius 2 is 0.943 bits per heavy atom. The van der Waals surface area contributed by atoms with Gasteiger partial charge in [-0.2, -0.15) is 0 Å². The Hall–Kier alpha value is -6.41. The molecule has 0 amide bonds. The predicted molar refractivity (Wildman–Crippen MR) is 218 cm³/mol. The number of aromatic nitrogens is 1. The van der Waals surface area contributed by atoms with Gasteiger partial charge in [0, 0.05) is 43.5 Å². The van der Waals surface area contributed by atoms with Gasteiger partial charge in [-0.15, -0.1) is 0 Å². The molecular weight excluding hydrogens is 666 g/mol. The van der Waals surface area contributed by atoms with E-state index in [9.17, 15) is 0 Å². The fourth-order valence-corrected chi connectivity index (χ4v) is 11.8. The van der Waals surface area contributed by atoms with Crippen LogP contribution < -0.4 is 20.7 Å². The highest BCUT2D eigenvalue weighted by molar-refractivity contribution is 7.85. The molecule has 11 rings (SSSR count). The second-order valence-electron chi connectivity index (χ2n) is 14.0. The monoisotopic (exact) mass is 697 g/mol. The van der Waals surface area contributed by atoms with Crippen molar-refractivity contribution in [1.82, 2.24) is 4.57 Å². The van der Waals surface area contributed by atoms with Gasteiger partial charge in [0.15, 0.2) is 7.14 Å². The number of hydrogen-bond donors (Lipinski definition) is 0. The van der Waals surface area contributed by atoms with Crippen molar-refractivity contribution in [2.45, 2.75) is 5.41 Å². The quantitative estimate of drug-likeness (QED) is 0.171. The molecule has 0 bridgehead atoms. The third-order valence-electron chi connectivity index (χ3n) is 11.4. The molecule has 0 fully saturated rings. The second kappa shape index (κ2) is 11.3. The van der Waals surface area contributed by atoms with Crippen molar-refractivity contribution in [2.75, 3.05) is 0 Å². The Kier molecular flexibility index (Phi) is 6.44. The van der Waals surface area contributed by atoms with Crippen LogP contribution >= 0.6 is 7.14 Å². The van der Waals surface area contributed by atoms with E-state index in [1.54, 1.807) is 0 Å². The van der Waals surface area contributed by atoms with Crippen molar-refractivity contribution >= 4 is 44.9 Å². The lowest BCUT2D eigenvalue weighted by Crippen LogP contribution is -2.32. The minimum Gasteiger partial charge on any atom is -0.457 e. The molecule has 1 aliphatic heterocycles. The Labute approximate surface area is 307 Å². The molecule has 0 radical (unpaired) electrons. The molecule has 0 N–H and O–H groups in total. The van der Waals surface area contributed by atoms with E-state index in [-0.39, 0.29) is 0 Å². The summed E-state index contributed by atoms with van der Waals surface area (Å²) in [6.45, 7) is 0. The van der Waals surface area contributed by atoms with Crippen molar-refractivity contribution in [3.63, 3.8) is 0 Å². The van der Waals surface area contributed by atoms with Crippen LogP contribution in [-0.4, -0.2) is 4.57 Å². The van der Waals surface area contributed by atoms with Crippen LogP contribution in [0, 0.1) is 0 Å². The van der Waals surface area contributed by atoms with Crippen LogP contribution in [0.5, 0.6) is 11.5 Å². The SMILES string of the molecule is O=P(c1ccccc1)(c1ccccc1)c1ccc(-n2c3ccccc3c3cc4c(cc32)C2(c3ccccc3O4)c3ccccc3-c3ccccc32)cc1. The van der Waals surface area contributed by atoms with Gasteiger partial charge in [0.1, 0.15) is 11.5 Å². The van der Waals surface area contributed by atoms with Gasteiger partial charge in [0.25, 0.3) is 0 Å². The zero-order valence-corrected chi connectivity index (χ0v) is 29.6. The summed E-state index contributed by atoms with van der Waals surface area (Å²) >= 11 is 0. The average Bonchev–Trinajstić information content (AvgIpc) is 3.71. The minimum absolute atomic E-state index is 0.561. The number of nitrogens with zero attached hydrogens (tertiary/aromatic N) is 1. The highest BCUT2D eigenvalue weighted by Crippen LogP contribution is 2.62. The van der Waals surface area contributed by atoms with Crippen LogP contribution in [0.1, 0.15) is 22.3 Å². The van der Waals surface area contributed by atoms with Crippen LogP contribution in [0.3, 0.4) is 0 Å². The molecule has 9 aromatic rings. The second-order valence-corrected chi connectivity index (χ2v) is 16.7. The number of para-hydroxylation sites is 2. The fraction of sp³-hybridized carbons (Fsp3) is 0.0204. The smallest absolute Gasteiger partial charge is 0.171 e. The van der Waals surface area contributed by atoms with Crippen molar-refractivity contribution in [2.24, 2.45) is 0 Å². The number of fused-ring (bicyclic) bond motifs is 12. The maximum absolute atomic E-state index is 15.2. The molecule has 0 saturated heterocycles. The Morgan fingerprint density at radius 1 is 0.415 bits per heavy atom. The maximum Gasteiger partial charge on any atom is 0.171 e. The standard InChI is InChI=1S/C49H32NO2P/c51-53(34-15-3-1-4-16-34,35-17-5-2-6-18-35)36-29-27-33(28-30-36)50-45-25-13-9-21-39(45)40-31-48-44(32-46(40)50)49(43-24-12-14-26-47(43)52-48)41-22-10-7-19-37(41)38-20-8-11-23-42(38)49/h1-32H. The zero-order chi connectivity index (χ0) is 35.1. The highest BCUT2D eigenvalue weighted by Gasteiger charge is 2.51. The Morgan fingerprint density at radius 3 is 1.60 bits per heavy atom. The van der Waals surface area contributed by atoms with Crippen LogP contribution in [0.25, 0.3) is 38.6 Å². The van der Waals surface area contributed by atoms with Gasteiger partial charge in [-0.05, 0) is 70.8 Å². The summed E-state index contributed by atoms with van der Waals surface area (Å²) in [7, 11) is -3.12. The lowest BCUT2D eigenvalue weighted by Gasteiger charge is -2.39. The Balaban J connectivity index is 1.18. The van der Waals surface area contributed by atoms with Crippen molar-refractivity contribution in [1.29, 1.82) is 0 Å². The summed E-state index contributed by atoms with van der Waals surface area (Å²) < 4.78 is 24.4. The first-order chi connectivity index (χ1) is 26.2. The van der Waals surface area contributed by atoms with E-state index in [0.29, 0.717) is 0 Å². The van der Waals surface area contributed by atoms with Crippen LogP contribution in [0.15, 0.2) is 194 Å². The van der Waals surface area contributed by atoms with E-state index in [1.807, 2.05) is 60.7 Å². The molecular formula is C49H32NO2P. The first-order valence-corrected chi connectivity index (χ1v) is 19.7. The van der Waals surface area contributed by atoms with E-state index >= 15 is 4.57 Å². The molecule has 0 saturated carbocycles. The number of benzene rings is 8. The van der Waals surface area contributed by atoms with Crippen LogP contribution in [-0.2, 0) is 9.98 Å². The van der Waals surface area contributed by atoms with Gasteiger partial charge in [-0.25, -0.2) is 0 Å². The number of ether oxygens (including phenoxy) is 1. The molecule has 4 heteroatoms. The normalized spacial score (nSPS) is 13.7. The van der Waals surface area contributed by atoms with E-state index in [4.69, 9.17) is 4.74 Å². The lowest BCUT2D eigenvalue weighted by atomic mass is 9.66. The van der Waals surface area contributed by atoms with E-state index in [1.165, 1.54) is 22.3 Å². The summed E-state index contributed by atoms with van der Waals surface area (Å²) in [5.41, 5.74) is 9.95. The van der Waals surface area contributed by atoms with E-state index in [0.717, 1.165) is 66.0 Å². The topological polar surface area (TPSA) is 31.2 Å². The lowest BCUT2D eigenvalue weighted by molar-refractivity contribution is 0.437. The van der Waals surface area contributed by atoms with Crippen molar-refractivity contribution in [3.05, 3.63) is 216 Å². The summed E-state index contributed by atoms with van der Waals surface area (Å²) in [5.74, 6) is 1.75. The third kappa shape index (κ3) is 4.09. The molecule has 1 aromatic heterocycles. The van der Waals surface area contributed by atoms with Gasteiger partial charge < -0.3 is 13.9 Å². The van der Waals surface area contributed by atoms with Gasteiger partial charge in [0.2, 0.25) is 0 Å². The summed E-state index contributed by atoms with van der Waals surface area (Å²) in [5, 5.41) is 4.73. The third-order valence-corrected chi connectivity index (χ3v) is 14.4. The van der Waals surface area contributed by atoms with Crippen molar-refractivity contribution in [3.8, 4) is 28.3 Å². The molecule has 1 aliphatic carbocycles. The van der Waals surface area contributed by atoms with Gasteiger partial charge in [-0.3, -0.25) is 0 Å². The zero-order valence-electron chi connectivity index (χ0n) is 28.7. The van der Waals surface area contributed by atoms with Crippen molar-refractivity contribution < 1.29 is 9.30 Å². The average molecular weight is 698 g/mol. The van der Waals surface area contributed by atoms with Gasteiger partial charge in [0.05, 0.1) is 16.4 Å². The maximum atomic E-state index is 15.2. The molecule has 8 aromatic carbocycles. The van der Waals surface area contributed by atoms with Crippen LogP contribution in [0.2, 0.25) is 0 Å². The molecule has 0 atom stereocenters. The molecule has 2 heterocycles. The molecule has 53 heavy (non-hydrogen) atoms. The highest BCUT2D eigenvalue weighted by atomic mass is 31.2. The summed E-state index contributed by atoms with van der Waals surface area (Å²) in [6.07, 6.45) is 0. The first-order valence-electron chi connectivity index (χ1n) is 18.0. The van der Waals surface area contributed by atoms with Crippen LogP contribution in [0.4, 0.5) is 0 Å². The minimum atomic E-state index is -3.12.